The molecular weight excluding hydrogens is 460 g/mol. The number of thiocarbonyl (C=S) groups is 1. The van der Waals surface area contributed by atoms with E-state index in [0.717, 1.165) is 22.8 Å². The highest BCUT2D eigenvalue weighted by Gasteiger charge is 2.42. The fourth-order valence-corrected chi connectivity index (χ4v) is 4.68. The topological polar surface area (TPSA) is 84.3 Å². The zero-order valence-corrected chi connectivity index (χ0v) is 19.9. The molecule has 0 spiro atoms. The lowest BCUT2D eigenvalue weighted by Gasteiger charge is -2.29. The van der Waals surface area contributed by atoms with Crippen LogP contribution in [0.4, 0.5) is 11.4 Å². The lowest BCUT2D eigenvalue weighted by molar-refractivity contribution is -0.119. The number of benzene rings is 1. The van der Waals surface area contributed by atoms with Crippen LogP contribution in [0.25, 0.3) is 5.69 Å². The van der Waals surface area contributed by atoms with Crippen molar-refractivity contribution >= 4 is 34.6 Å². The molecule has 2 atom stereocenters. The van der Waals surface area contributed by atoms with Crippen molar-refractivity contribution in [2.45, 2.75) is 12.1 Å². The third-order valence-corrected chi connectivity index (χ3v) is 6.12. The average molecular weight is 485 g/mol. The third-order valence-electron chi connectivity index (χ3n) is 5.81. The van der Waals surface area contributed by atoms with Gasteiger partial charge in [0.15, 0.2) is 5.11 Å². The van der Waals surface area contributed by atoms with Crippen LogP contribution in [0, 0.1) is 0 Å². The van der Waals surface area contributed by atoms with Crippen LogP contribution in [-0.4, -0.2) is 39.3 Å². The molecule has 5 rings (SSSR count). The van der Waals surface area contributed by atoms with Crippen molar-refractivity contribution in [2.24, 2.45) is 0 Å². The molecule has 2 N–H and O–H groups in total. The van der Waals surface area contributed by atoms with Gasteiger partial charge in [0.2, 0.25) is 5.91 Å². The summed E-state index contributed by atoms with van der Waals surface area (Å²) in [6.07, 6.45) is 7.41. The van der Waals surface area contributed by atoms with Crippen molar-refractivity contribution in [1.82, 2.24) is 19.9 Å². The Balaban J connectivity index is 1.55. The van der Waals surface area contributed by atoms with Crippen LogP contribution in [0.2, 0.25) is 0 Å². The minimum atomic E-state index is -0.207. The Hall–Kier alpha value is -4.08. The van der Waals surface area contributed by atoms with Gasteiger partial charge in [0.05, 0.1) is 23.6 Å². The van der Waals surface area contributed by atoms with E-state index in [0.29, 0.717) is 10.8 Å². The highest BCUT2D eigenvalue weighted by molar-refractivity contribution is 7.80. The van der Waals surface area contributed by atoms with Gasteiger partial charge >= 0.3 is 0 Å². The summed E-state index contributed by atoms with van der Waals surface area (Å²) in [6.45, 7) is 0.00104. The number of aromatic nitrogens is 3. The van der Waals surface area contributed by atoms with E-state index in [1.165, 1.54) is 7.11 Å². The van der Waals surface area contributed by atoms with Crippen molar-refractivity contribution in [3.8, 4) is 5.69 Å². The molecule has 0 saturated carbocycles. The van der Waals surface area contributed by atoms with Gasteiger partial charge in [-0.3, -0.25) is 14.8 Å². The molecule has 35 heavy (non-hydrogen) atoms. The maximum Gasteiger partial charge on any atom is 0.250 e. The van der Waals surface area contributed by atoms with Gasteiger partial charge in [0.25, 0.3) is 0 Å². The molecule has 4 aromatic rings. The third kappa shape index (κ3) is 4.64. The first-order valence-corrected chi connectivity index (χ1v) is 11.5. The number of hydrogen-bond donors (Lipinski definition) is 2. The smallest absolute Gasteiger partial charge is 0.250 e. The van der Waals surface area contributed by atoms with Gasteiger partial charge in [0, 0.05) is 42.8 Å². The number of rotatable bonds is 7. The Labute approximate surface area is 208 Å². The second-order valence-corrected chi connectivity index (χ2v) is 8.43. The predicted molar refractivity (Wildman–Crippen MR) is 138 cm³/mol. The quantitative estimate of drug-likeness (QED) is 0.383. The molecule has 0 aliphatic carbocycles. The van der Waals surface area contributed by atoms with E-state index in [2.05, 4.69) is 36.1 Å². The first-order chi connectivity index (χ1) is 17.2. The highest BCUT2D eigenvalue weighted by Crippen LogP contribution is 2.42. The maximum atomic E-state index is 11.9. The van der Waals surface area contributed by atoms with E-state index >= 15 is 0 Å². The number of anilines is 2. The second kappa shape index (κ2) is 10.0. The highest BCUT2D eigenvalue weighted by atomic mass is 32.1. The van der Waals surface area contributed by atoms with E-state index < -0.39 is 0 Å². The van der Waals surface area contributed by atoms with E-state index in [4.69, 9.17) is 17.0 Å². The van der Waals surface area contributed by atoms with Crippen molar-refractivity contribution < 1.29 is 9.53 Å². The summed E-state index contributed by atoms with van der Waals surface area (Å²) in [7, 11) is 1.49. The monoisotopic (exact) mass is 484 g/mol. The second-order valence-electron chi connectivity index (χ2n) is 8.04. The van der Waals surface area contributed by atoms with Gasteiger partial charge in [-0.15, -0.1) is 0 Å². The van der Waals surface area contributed by atoms with Crippen molar-refractivity contribution in [3.63, 3.8) is 0 Å². The molecule has 4 heterocycles. The minimum absolute atomic E-state index is 0.00104. The van der Waals surface area contributed by atoms with Crippen molar-refractivity contribution in [2.75, 3.05) is 23.9 Å². The number of nitrogens with zero attached hydrogens (tertiary/aromatic N) is 4. The Bertz CT molecular complexity index is 1310. The van der Waals surface area contributed by atoms with Crippen LogP contribution < -0.4 is 15.5 Å². The minimum Gasteiger partial charge on any atom is -0.375 e. The summed E-state index contributed by atoms with van der Waals surface area (Å²) < 4.78 is 7.01. The Morgan fingerprint density at radius 3 is 2.63 bits per heavy atom. The maximum absolute atomic E-state index is 11.9. The SMILES string of the molecule is COCC(=O)Nc1ccc(N2C(=S)N[C@@H](c3ccccn3)[C@@H]2c2cccn2-c2cccnc2)cc1. The molecule has 176 valence electrons. The summed E-state index contributed by atoms with van der Waals surface area (Å²) in [5.74, 6) is -0.207. The van der Waals surface area contributed by atoms with Gasteiger partial charge in [-0.1, -0.05) is 6.07 Å². The molecule has 0 unspecified atom stereocenters. The largest absolute Gasteiger partial charge is 0.375 e. The molecule has 3 aromatic heterocycles. The van der Waals surface area contributed by atoms with Crippen LogP contribution >= 0.6 is 12.2 Å². The number of nitrogens with one attached hydrogen (secondary N) is 2. The van der Waals surface area contributed by atoms with E-state index in [-0.39, 0.29) is 24.6 Å². The molecule has 0 radical (unpaired) electrons. The number of hydrogen-bond acceptors (Lipinski definition) is 5. The summed E-state index contributed by atoms with van der Waals surface area (Å²) in [5.41, 5.74) is 4.48. The van der Waals surface area contributed by atoms with E-state index in [1.807, 2.05) is 73.1 Å². The summed E-state index contributed by atoms with van der Waals surface area (Å²) in [6, 6.07) is 21.2. The van der Waals surface area contributed by atoms with Gasteiger partial charge < -0.3 is 24.8 Å². The molecule has 9 heteroatoms. The molecule has 0 bridgehead atoms. The first-order valence-electron chi connectivity index (χ1n) is 11.1. The molecule has 1 amide bonds. The number of pyridine rings is 2. The number of carbonyl (C=O) groups is 1. The van der Waals surface area contributed by atoms with Crippen LogP contribution in [0.1, 0.15) is 23.5 Å². The molecule has 1 aliphatic rings. The van der Waals surface area contributed by atoms with Crippen LogP contribution in [0.5, 0.6) is 0 Å². The summed E-state index contributed by atoms with van der Waals surface area (Å²) >= 11 is 5.83. The number of ether oxygens (including phenoxy) is 1. The van der Waals surface area contributed by atoms with Gasteiger partial charge in [-0.25, -0.2) is 0 Å². The first kappa shape index (κ1) is 22.7. The van der Waals surface area contributed by atoms with Crippen LogP contribution in [0.15, 0.2) is 91.5 Å². The predicted octanol–water partition coefficient (Wildman–Crippen LogP) is 4.03. The zero-order chi connectivity index (χ0) is 24.2. The number of amides is 1. The Morgan fingerprint density at radius 2 is 1.91 bits per heavy atom. The van der Waals surface area contributed by atoms with Crippen molar-refractivity contribution in [3.05, 3.63) is 103 Å². The fraction of sp³-hybridized carbons (Fsp3) is 0.154. The van der Waals surface area contributed by atoms with Gasteiger partial charge in [-0.2, -0.15) is 0 Å². The van der Waals surface area contributed by atoms with Crippen LogP contribution in [-0.2, 0) is 9.53 Å². The summed E-state index contributed by atoms with van der Waals surface area (Å²) in [5, 5.41) is 6.90. The molecule has 1 saturated heterocycles. The Morgan fingerprint density at radius 1 is 1.06 bits per heavy atom. The van der Waals surface area contributed by atoms with Crippen molar-refractivity contribution in [1.29, 1.82) is 0 Å². The number of carbonyl (C=O) groups excluding carboxylic acids is 1. The number of methoxy groups -OCH3 is 1. The molecule has 1 aliphatic heterocycles. The summed E-state index contributed by atoms with van der Waals surface area (Å²) in [4.78, 5) is 22.9. The van der Waals surface area contributed by atoms with Gasteiger partial charge in [-0.05, 0) is 72.9 Å². The lowest BCUT2D eigenvalue weighted by Crippen LogP contribution is -2.30. The average Bonchev–Trinajstić information content (AvgIpc) is 3.50. The van der Waals surface area contributed by atoms with Crippen LogP contribution in [0.3, 0.4) is 0 Å². The zero-order valence-electron chi connectivity index (χ0n) is 19.0. The molecule has 1 aromatic carbocycles. The Kier molecular flexibility index (Phi) is 6.51. The standard InChI is InChI=1S/C26H24N6O2S/c1-34-17-23(33)29-18-9-11-19(12-10-18)32-25(24(30-26(32)35)21-7-2-3-14-28-21)22-8-5-15-31(22)20-6-4-13-27-16-20/h2-16,24-25H,17H2,1H3,(H,29,33)(H,30,35)/t24-,25-/m0/s1. The molecule has 1 fully saturated rings. The molecule has 8 nitrogen and oxygen atoms in total. The normalized spacial score (nSPS) is 17.3. The fourth-order valence-electron chi connectivity index (χ4n) is 4.33. The van der Waals surface area contributed by atoms with Gasteiger partial charge in [0.1, 0.15) is 12.6 Å². The van der Waals surface area contributed by atoms with E-state index in [9.17, 15) is 4.79 Å². The molecular formula is C26H24N6O2S. The lowest BCUT2D eigenvalue weighted by atomic mass is 10.0. The van der Waals surface area contributed by atoms with E-state index in [1.54, 1.807) is 12.4 Å².